The Balaban J connectivity index is 1.52. The van der Waals surface area contributed by atoms with Crippen LogP contribution in [-0.4, -0.2) is 32.6 Å². The Labute approximate surface area is 151 Å². The molecule has 1 fully saturated rings. The number of aliphatic hydroxyl groups excluding tert-OH is 1. The molecule has 6 heteroatoms. The van der Waals surface area contributed by atoms with Crippen molar-refractivity contribution in [2.45, 2.75) is 24.9 Å². The molecule has 0 aliphatic heterocycles. The first-order valence-electron chi connectivity index (χ1n) is 8.76. The third kappa shape index (κ3) is 3.36. The van der Waals surface area contributed by atoms with Crippen LogP contribution in [0.25, 0.3) is 5.69 Å². The Morgan fingerprint density at radius 3 is 2.42 bits per heavy atom. The molecule has 1 amide bonds. The Morgan fingerprint density at radius 2 is 1.77 bits per heavy atom. The lowest BCUT2D eigenvalue weighted by molar-refractivity contribution is 0.0910. The third-order valence-electron chi connectivity index (χ3n) is 4.53. The summed E-state index contributed by atoms with van der Waals surface area (Å²) in [5, 5.41) is 21.3. The van der Waals surface area contributed by atoms with Crippen LogP contribution in [0.3, 0.4) is 0 Å². The highest BCUT2D eigenvalue weighted by Gasteiger charge is 2.34. The number of para-hydroxylation sites is 1. The maximum Gasteiger partial charge on any atom is 0.273 e. The van der Waals surface area contributed by atoms with Crippen LogP contribution in [0.1, 0.15) is 46.6 Å². The van der Waals surface area contributed by atoms with Crippen molar-refractivity contribution in [2.75, 3.05) is 6.54 Å². The van der Waals surface area contributed by atoms with Gasteiger partial charge in [0, 0.05) is 12.5 Å². The van der Waals surface area contributed by atoms with Crippen molar-refractivity contribution in [2.24, 2.45) is 0 Å². The largest absolute Gasteiger partial charge is 0.387 e. The van der Waals surface area contributed by atoms with Gasteiger partial charge in [-0.05, 0) is 30.5 Å². The van der Waals surface area contributed by atoms with Crippen LogP contribution < -0.4 is 5.32 Å². The summed E-state index contributed by atoms with van der Waals surface area (Å²) in [6.45, 7) is 0.130. The molecule has 3 aromatic rings. The number of nitrogens with zero attached hydrogens (tertiary/aromatic N) is 3. The number of hydrogen-bond acceptors (Lipinski definition) is 4. The summed E-state index contributed by atoms with van der Waals surface area (Å²) in [5.41, 5.74) is 2.85. The maximum atomic E-state index is 12.6. The first kappa shape index (κ1) is 16.5. The summed E-state index contributed by atoms with van der Waals surface area (Å²) >= 11 is 0. The number of carbonyl (C=O) groups excluding carboxylic acids is 1. The second kappa shape index (κ2) is 7.09. The average Bonchev–Trinajstić information content (AvgIpc) is 3.45. The molecule has 1 aliphatic rings. The van der Waals surface area contributed by atoms with Gasteiger partial charge in [-0.25, -0.2) is 4.68 Å². The molecule has 1 aliphatic carbocycles. The van der Waals surface area contributed by atoms with Crippen LogP contribution in [0.2, 0.25) is 0 Å². The fraction of sp³-hybridized carbons (Fsp3) is 0.250. The second-order valence-corrected chi connectivity index (χ2v) is 6.48. The highest BCUT2D eigenvalue weighted by molar-refractivity contribution is 5.93. The van der Waals surface area contributed by atoms with E-state index in [0.717, 1.165) is 29.8 Å². The fourth-order valence-corrected chi connectivity index (χ4v) is 3.00. The van der Waals surface area contributed by atoms with Gasteiger partial charge in [0.2, 0.25) is 0 Å². The van der Waals surface area contributed by atoms with Crippen LogP contribution in [0.5, 0.6) is 0 Å². The number of amides is 1. The van der Waals surface area contributed by atoms with Gasteiger partial charge >= 0.3 is 0 Å². The van der Waals surface area contributed by atoms with Gasteiger partial charge in [-0.1, -0.05) is 53.7 Å². The van der Waals surface area contributed by atoms with Gasteiger partial charge < -0.3 is 10.4 Å². The number of aromatic nitrogens is 3. The predicted octanol–water partition coefficient (Wildman–Crippen LogP) is 2.61. The number of benzene rings is 2. The summed E-state index contributed by atoms with van der Waals surface area (Å²) in [5.74, 6) is 0.00839. The molecule has 1 heterocycles. The number of hydrogen-bond donors (Lipinski definition) is 2. The number of rotatable bonds is 6. The lowest BCUT2D eigenvalue weighted by atomic mass is 10.1. The first-order chi connectivity index (χ1) is 12.7. The molecule has 0 bridgehead atoms. The summed E-state index contributed by atoms with van der Waals surface area (Å²) in [7, 11) is 0. The molecule has 6 nitrogen and oxygen atoms in total. The van der Waals surface area contributed by atoms with Gasteiger partial charge in [-0.3, -0.25) is 4.79 Å². The molecular weight excluding hydrogens is 328 g/mol. The number of carbonyl (C=O) groups is 1. The molecule has 4 rings (SSSR count). The van der Waals surface area contributed by atoms with Crippen molar-refractivity contribution in [3.63, 3.8) is 0 Å². The van der Waals surface area contributed by atoms with E-state index in [1.807, 2.05) is 60.7 Å². The molecule has 2 aromatic carbocycles. The molecule has 0 unspecified atom stereocenters. The van der Waals surface area contributed by atoms with Crippen molar-refractivity contribution < 1.29 is 9.90 Å². The van der Waals surface area contributed by atoms with Crippen LogP contribution in [0.4, 0.5) is 0 Å². The van der Waals surface area contributed by atoms with E-state index in [0.29, 0.717) is 11.6 Å². The fourth-order valence-electron chi connectivity index (χ4n) is 3.00. The van der Waals surface area contributed by atoms with Gasteiger partial charge in [0.15, 0.2) is 5.69 Å². The summed E-state index contributed by atoms with van der Waals surface area (Å²) in [6.07, 6.45) is 1.31. The normalized spacial score (nSPS) is 14.8. The van der Waals surface area contributed by atoms with E-state index in [4.69, 9.17) is 0 Å². The van der Waals surface area contributed by atoms with Crippen molar-refractivity contribution in [1.29, 1.82) is 0 Å². The molecule has 1 aromatic heterocycles. The van der Waals surface area contributed by atoms with Gasteiger partial charge in [0.1, 0.15) is 0 Å². The SMILES string of the molecule is O=C(NC[C@H](O)c1ccccc1)c1nnn(-c2ccccc2)c1C1CC1. The van der Waals surface area contributed by atoms with E-state index in [9.17, 15) is 9.90 Å². The molecule has 1 saturated carbocycles. The number of nitrogens with one attached hydrogen (secondary N) is 1. The Kier molecular flexibility index (Phi) is 4.50. The lowest BCUT2D eigenvalue weighted by Gasteiger charge is -2.12. The molecule has 0 saturated heterocycles. The lowest BCUT2D eigenvalue weighted by Crippen LogP contribution is -2.29. The highest BCUT2D eigenvalue weighted by atomic mass is 16.3. The third-order valence-corrected chi connectivity index (χ3v) is 4.53. The minimum atomic E-state index is -0.756. The monoisotopic (exact) mass is 348 g/mol. The minimum absolute atomic E-state index is 0.130. The first-order valence-corrected chi connectivity index (χ1v) is 8.76. The standard InChI is InChI=1S/C20H20N4O2/c25-17(14-7-3-1-4-8-14)13-21-20(26)18-19(15-11-12-15)24(23-22-18)16-9-5-2-6-10-16/h1-10,15,17,25H,11-13H2,(H,21,26)/t17-/m0/s1. The summed E-state index contributed by atoms with van der Waals surface area (Å²) in [4.78, 5) is 12.6. The van der Waals surface area contributed by atoms with Crippen LogP contribution in [0, 0.1) is 0 Å². The van der Waals surface area contributed by atoms with E-state index in [1.165, 1.54) is 0 Å². The molecule has 26 heavy (non-hydrogen) atoms. The van der Waals surface area contributed by atoms with Crippen molar-refractivity contribution in [3.05, 3.63) is 77.6 Å². The maximum absolute atomic E-state index is 12.6. The Hall–Kier alpha value is -2.99. The second-order valence-electron chi connectivity index (χ2n) is 6.48. The Bertz CT molecular complexity index is 889. The molecule has 0 spiro atoms. The zero-order chi connectivity index (χ0) is 17.9. The van der Waals surface area contributed by atoms with Crippen molar-refractivity contribution in [3.8, 4) is 5.69 Å². The average molecular weight is 348 g/mol. The molecular formula is C20H20N4O2. The van der Waals surface area contributed by atoms with E-state index in [1.54, 1.807) is 4.68 Å². The highest BCUT2D eigenvalue weighted by Crippen LogP contribution is 2.41. The Morgan fingerprint density at radius 1 is 1.12 bits per heavy atom. The van der Waals surface area contributed by atoms with Gasteiger partial charge in [-0.15, -0.1) is 5.10 Å². The van der Waals surface area contributed by atoms with Crippen LogP contribution in [-0.2, 0) is 0 Å². The summed E-state index contributed by atoms with van der Waals surface area (Å²) in [6, 6.07) is 19.0. The summed E-state index contributed by atoms with van der Waals surface area (Å²) < 4.78 is 1.75. The number of aliphatic hydroxyl groups is 1. The van der Waals surface area contributed by atoms with Crippen molar-refractivity contribution >= 4 is 5.91 Å². The van der Waals surface area contributed by atoms with Crippen LogP contribution >= 0.6 is 0 Å². The van der Waals surface area contributed by atoms with Crippen molar-refractivity contribution in [1.82, 2.24) is 20.3 Å². The van der Waals surface area contributed by atoms with Gasteiger partial charge in [-0.2, -0.15) is 0 Å². The van der Waals surface area contributed by atoms with E-state index < -0.39 is 6.10 Å². The topological polar surface area (TPSA) is 80.0 Å². The smallest absolute Gasteiger partial charge is 0.273 e. The quantitative estimate of drug-likeness (QED) is 0.718. The zero-order valence-electron chi connectivity index (χ0n) is 14.2. The van der Waals surface area contributed by atoms with Gasteiger partial charge in [0.05, 0.1) is 17.5 Å². The van der Waals surface area contributed by atoms with Crippen LogP contribution in [0.15, 0.2) is 60.7 Å². The van der Waals surface area contributed by atoms with E-state index >= 15 is 0 Å². The molecule has 2 N–H and O–H groups in total. The minimum Gasteiger partial charge on any atom is -0.387 e. The molecule has 0 radical (unpaired) electrons. The van der Waals surface area contributed by atoms with Gasteiger partial charge in [0.25, 0.3) is 5.91 Å². The molecule has 1 atom stereocenters. The molecule has 132 valence electrons. The van der Waals surface area contributed by atoms with E-state index in [2.05, 4.69) is 15.6 Å². The predicted molar refractivity (Wildman–Crippen MR) is 97.1 cm³/mol. The zero-order valence-corrected chi connectivity index (χ0v) is 14.2. The van der Waals surface area contributed by atoms with E-state index in [-0.39, 0.29) is 12.5 Å².